The number of hydrogen-bond donors (Lipinski definition) is 1. The Hall–Kier alpha value is -2.70. The summed E-state index contributed by atoms with van der Waals surface area (Å²) in [5.41, 5.74) is 2.57. The molecule has 7 heteroatoms. The van der Waals surface area contributed by atoms with E-state index in [0.717, 1.165) is 36.3 Å². The Labute approximate surface area is 153 Å². The Bertz CT molecular complexity index is 787. The minimum Gasteiger partial charge on any atom is -0.493 e. The second kappa shape index (κ2) is 7.68. The van der Waals surface area contributed by atoms with Crippen LogP contribution in [0.2, 0.25) is 0 Å². The van der Waals surface area contributed by atoms with Crippen LogP contribution in [0, 0.1) is 6.92 Å². The van der Waals surface area contributed by atoms with Crippen molar-refractivity contribution in [3.63, 3.8) is 0 Å². The number of benzene rings is 1. The third-order valence-corrected chi connectivity index (χ3v) is 4.79. The molecule has 0 spiro atoms. The highest BCUT2D eigenvalue weighted by atomic mass is 16.5. The molecular weight excluding hydrogens is 334 g/mol. The minimum atomic E-state index is -0.137. The van der Waals surface area contributed by atoms with Crippen molar-refractivity contribution >= 4 is 11.7 Å². The smallest absolute Gasteiger partial charge is 0.322 e. The summed E-state index contributed by atoms with van der Waals surface area (Å²) in [5, 5.41) is 7.05. The molecule has 7 nitrogen and oxygen atoms in total. The molecule has 0 bridgehead atoms. The lowest BCUT2D eigenvalue weighted by Gasteiger charge is -2.25. The first-order chi connectivity index (χ1) is 12.6. The molecular formula is C19H25N3O4. The van der Waals surface area contributed by atoms with E-state index in [1.165, 1.54) is 0 Å². The van der Waals surface area contributed by atoms with Crippen LogP contribution < -0.4 is 14.8 Å². The van der Waals surface area contributed by atoms with Gasteiger partial charge >= 0.3 is 6.03 Å². The molecule has 2 amide bonds. The van der Waals surface area contributed by atoms with Gasteiger partial charge in [-0.25, -0.2) is 4.79 Å². The van der Waals surface area contributed by atoms with Crippen LogP contribution in [0.25, 0.3) is 0 Å². The lowest BCUT2D eigenvalue weighted by Crippen LogP contribution is -2.34. The van der Waals surface area contributed by atoms with Gasteiger partial charge in [0.15, 0.2) is 11.5 Å². The first-order valence-electron chi connectivity index (χ1n) is 8.83. The molecule has 0 saturated carbocycles. The lowest BCUT2D eigenvalue weighted by atomic mass is 10.0. The molecule has 1 aromatic carbocycles. The maximum Gasteiger partial charge on any atom is 0.322 e. The van der Waals surface area contributed by atoms with Gasteiger partial charge in [-0.05, 0) is 31.9 Å². The summed E-state index contributed by atoms with van der Waals surface area (Å²) in [5.74, 6) is 2.06. The van der Waals surface area contributed by atoms with Gasteiger partial charge in [0.1, 0.15) is 5.76 Å². The second-order valence-electron chi connectivity index (χ2n) is 6.31. The summed E-state index contributed by atoms with van der Waals surface area (Å²) in [6.07, 6.45) is 2.63. The molecule has 2 aromatic rings. The average Bonchev–Trinajstić information content (AvgIpc) is 3.27. The molecule has 1 fully saturated rings. The van der Waals surface area contributed by atoms with Crippen molar-refractivity contribution in [1.82, 2.24) is 10.1 Å². The molecule has 0 aliphatic carbocycles. The maximum atomic E-state index is 12.9. The van der Waals surface area contributed by atoms with Crippen LogP contribution in [0.3, 0.4) is 0 Å². The third kappa shape index (κ3) is 3.34. The predicted molar refractivity (Wildman–Crippen MR) is 97.9 cm³/mol. The van der Waals surface area contributed by atoms with E-state index >= 15 is 0 Å². The first kappa shape index (κ1) is 18.1. The zero-order valence-corrected chi connectivity index (χ0v) is 15.7. The van der Waals surface area contributed by atoms with Gasteiger partial charge in [-0.1, -0.05) is 12.1 Å². The fraction of sp³-hybridized carbons (Fsp3) is 0.474. The number of likely N-dealkylation sites (tertiary alicyclic amines) is 1. The number of rotatable bonds is 5. The molecule has 1 N–H and O–H groups in total. The van der Waals surface area contributed by atoms with Gasteiger partial charge in [-0.15, -0.1) is 0 Å². The third-order valence-electron chi connectivity index (χ3n) is 4.79. The summed E-state index contributed by atoms with van der Waals surface area (Å²) in [7, 11) is 3.15. The number of carbonyl (C=O) groups is 1. The number of amides is 2. The second-order valence-corrected chi connectivity index (χ2v) is 6.31. The van der Waals surface area contributed by atoms with Crippen LogP contribution in [-0.4, -0.2) is 36.9 Å². The van der Waals surface area contributed by atoms with Crippen LogP contribution >= 0.6 is 0 Å². The Morgan fingerprint density at radius 2 is 2.12 bits per heavy atom. The predicted octanol–water partition coefficient (Wildman–Crippen LogP) is 3.93. The number of ether oxygens (including phenoxy) is 2. The number of hydrogen-bond acceptors (Lipinski definition) is 5. The molecule has 1 aliphatic heterocycles. The van der Waals surface area contributed by atoms with Gasteiger partial charge in [0.05, 0.1) is 26.0 Å². The number of nitrogens with one attached hydrogen (secondary N) is 1. The topological polar surface area (TPSA) is 76.8 Å². The molecule has 1 aromatic heterocycles. The molecule has 1 unspecified atom stereocenters. The number of anilines is 1. The highest BCUT2D eigenvalue weighted by Crippen LogP contribution is 2.37. The molecule has 0 radical (unpaired) electrons. The van der Waals surface area contributed by atoms with Gasteiger partial charge in [0.2, 0.25) is 0 Å². The van der Waals surface area contributed by atoms with E-state index in [1.807, 2.05) is 18.7 Å². The molecule has 1 saturated heterocycles. The molecule has 1 aliphatic rings. The minimum absolute atomic E-state index is 0.00339. The van der Waals surface area contributed by atoms with Crippen LogP contribution in [0.15, 0.2) is 22.7 Å². The van der Waals surface area contributed by atoms with Crippen LogP contribution in [0.1, 0.15) is 42.8 Å². The fourth-order valence-corrected chi connectivity index (χ4v) is 3.52. The van der Waals surface area contributed by atoms with Crippen molar-refractivity contribution in [3.05, 3.63) is 35.2 Å². The zero-order chi connectivity index (χ0) is 18.7. The van der Waals surface area contributed by atoms with Crippen molar-refractivity contribution in [1.29, 1.82) is 0 Å². The molecule has 2 heterocycles. The maximum absolute atomic E-state index is 12.9. The monoisotopic (exact) mass is 359 g/mol. The molecule has 26 heavy (non-hydrogen) atoms. The van der Waals surface area contributed by atoms with Gasteiger partial charge in [-0.3, -0.25) is 0 Å². The van der Waals surface area contributed by atoms with Crippen molar-refractivity contribution in [2.45, 2.75) is 39.2 Å². The number of carbonyl (C=O) groups excluding carboxylic acids is 1. The Balaban J connectivity index is 1.80. The Kier molecular flexibility index (Phi) is 5.35. The van der Waals surface area contributed by atoms with E-state index in [9.17, 15) is 4.79 Å². The summed E-state index contributed by atoms with van der Waals surface area (Å²) in [6.45, 7) is 4.67. The summed E-state index contributed by atoms with van der Waals surface area (Å²) in [6, 6.07) is 5.18. The molecule has 140 valence electrons. The largest absolute Gasteiger partial charge is 0.493 e. The zero-order valence-electron chi connectivity index (χ0n) is 15.7. The normalized spacial score (nSPS) is 16.6. The first-order valence-corrected chi connectivity index (χ1v) is 8.83. The van der Waals surface area contributed by atoms with E-state index in [1.54, 1.807) is 32.4 Å². The van der Waals surface area contributed by atoms with Crippen molar-refractivity contribution in [3.8, 4) is 11.5 Å². The van der Waals surface area contributed by atoms with Crippen LogP contribution in [-0.2, 0) is 6.42 Å². The standard InChI is InChI=1S/C19H25N3O4/c1-5-15-18(12(2)21-26-15)14-7-6-10-22(14)19(23)20-13-8-9-16(24-3)17(11-13)25-4/h8-9,11,14H,5-7,10H2,1-4H3,(H,20,23). The van der Waals surface area contributed by atoms with E-state index in [0.29, 0.717) is 23.7 Å². The van der Waals surface area contributed by atoms with Crippen LogP contribution in [0.5, 0.6) is 11.5 Å². The van der Waals surface area contributed by atoms with E-state index in [-0.39, 0.29) is 12.1 Å². The molecule has 1 atom stereocenters. The highest BCUT2D eigenvalue weighted by molar-refractivity contribution is 5.90. The van der Waals surface area contributed by atoms with Gasteiger partial charge in [-0.2, -0.15) is 0 Å². The number of aryl methyl sites for hydroxylation is 2. The summed E-state index contributed by atoms with van der Waals surface area (Å²) >= 11 is 0. The van der Waals surface area contributed by atoms with E-state index < -0.39 is 0 Å². The van der Waals surface area contributed by atoms with Crippen molar-refractivity contribution in [2.75, 3.05) is 26.1 Å². The highest BCUT2D eigenvalue weighted by Gasteiger charge is 2.34. The van der Waals surface area contributed by atoms with E-state index in [2.05, 4.69) is 10.5 Å². The van der Waals surface area contributed by atoms with Crippen molar-refractivity contribution < 1.29 is 18.8 Å². The number of aromatic nitrogens is 1. The van der Waals surface area contributed by atoms with Gasteiger partial charge in [0.25, 0.3) is 0 Å². The van der Waals surface area contributed by atoms with Crippen molar-refractivity contribution in [2.24, 2.45) is 0 Å². The molecule has 3 rings (SSSR count). The number of methoxy groups -OCH3 is 2. The summed E-state index contributed by atoms with van der Waals surface area (Å²) < 4.78 is 16.0. The van der Waals surface area contributed by atoms with E-state index in [4.69, 9.17) is 14.0 Å². The number of nitrogens with zero attached hydrogens (tertiary/aromatic N) is 2. The van der Waals surface area contributed by atoms with Gasteiger partial charge in [0, 0.05) is 30.3 Å². The lowest BCUT2D eigenvalue weighted by molar-refractivity contribution is 0.206. The fourth-order valence-electron chi connectivity index (χ4n) is 3.52. The summed E-state index contributed by atoms with van der Waals surface area (Å²) in [4.78, 5) is 14.7. The van der Waals surface area contributed by atoms with Crippen LogP contribution in [0.4, 0.5) is 10.5 Å². The number of urea groups is 1. The SMILES string of the molecule is CCc1onc(C)c1C1CCCN1C(=O)Nc1ccc(OC)c(OC)c1. The Morgan fingerprint density at radius 3 is 2.81 bits per heavy atom. The van der Waals surface area contributed by atoms with Gasteiger partial charge < -0.3 is 24.2 Å². The quantitative estimate of drug-likeness (QED) is 0.875. The Morgan fingerprint density at radius 1 is 1.35 bits per heavy atom. The average molecular weight is 359 g/mol.